The number of ether oxygens (including phenoxy) is 3. The van der Waals surface area contributed by atoms with Crippen molar-refractivity contribution in [3.8, 4) is 5.75 Å². The molecule has 6 nitrogen and oxygen atoms in total. The Morgan fingerprint density at radius 3 is 2.66 bits per heavy atom. The zero-order valence-electron chi connectivity index (χ0n) is 19.2. The molecule has 32 heavy (non-hydrogen) atoms. The number of carbonyl (C=O) groups excluding carboxylic acids is 1. The number of hydrogen-bond acceptors (Lipinski definition) is 5. The van der Waals surface area contributed by atoms with Gasteiger partial charge in [-0.3, -0.25) is 9.69 Å². The minimum atomic E-state index is -0.00934. The first kappa shape index (κ1) is 22.2. The topological polar surface area (TPSA) is 60.0 Å². The van der Waals surface area contributed by atoms with Gasteiger partial charge in [-0.15, -0.1) is 0 Å². The zero-order chi connectivity index (χ0) is 21.8. The summed E-state index contributed by atoms with van der Waals surface area (Å²) in [6.45, 7) is 4.58. The fourth-order valence-corrected chi connectivity index (χ4v) is 6.04. The summed E-state index contributed by atoms with van der Waals surface area (Å²) in [6.07, 6.45) is 8.84. The summed E-state index contributed by atoms with van der Waals surface area (Å²) in [7, 11) is 0. The standard InChI is InChI=1S/C26H38N2O4/c29-26(20-5-4-15-30-17-20)27-23-7-3-13-28-14-16-31-25-8-2-1-6-22(25)19-9-11-21(12-10-19)32-18-24(23)28/h1-2,6,8,19-21,23-24H,3-5,7,9-18H2,(H,27,29)/t19?,20-,21?,23-,24-/m0/s1. The Morgan fingerprint density at radius 2 is 1.81 bits per heavy atom. The fraction of sp³-hybridized carbons (Fsp3) is 0.731. The van der Waals surface area contributed by atoms with Gasteiger partial charge in [-0.1, -0.05) is 18.2 Å². The molecule has 1 aromatic rings. The third-order valence-electron chi connectivity index (χ3n) is 7.92. The van der Waals surface area contributed by atoms with E-state index in [9.17, 15) is 4.79 Å². The molecule has 0 aromatic heterocycles. The molecule has 1 aromatic carbocycles. The average molecular weight is 443 g/mol. The van der Waals surface area contributed by atoms with Crippen LogP contribution in [-0.2, 0) is 14.3 Å². The van der Waals surface area contributed by atoms with Gasteiger partial charge in [-0.25, -0.2) is 0 Å². The van der Waals surface area contributed by atoms with Gasteiger partial charge in [0.2, 0.25) is 5.91 Å². The molecule has 6 rings (SSSR count). The Bertz CT molecular complexity index is 758. The molecular weight excluding hydrogens is 404 g/mol. The summed E-state index contributed by atoms with van der Waals surface area (Å²) < 4.78 is 18.4. The Hall–Kier alpha value is -1.63. The Labute approximate surface area is 192 Å². The van der Waals surface area contributed by atoms with Gasteiger partial charge < -0.3 is 19.5 Å². The van der Waals surface area contributed by atoms with Crippen molar-refractivity contribution in [2.24, 2.45) is 5.92 Å². The van der Waals surface area contributed by atoms with Crippen LogP contribution >= 0.6 is 0 Å². The second-order valence-corrected chi connectivity index (χ2v) is 9.97. The fourth-order valence-electron chi connectivity index (χ4n) is 6.04. The number of para-hydroxylation sites is 1. The van der Waals surface area contributed by atoms with E-state index in [1.54, 1.807) is 0 Å². The lowest BCUT2D eigenvalue weighted by molar-refractivity contribution is -0.131. The molecule has 0 radical (unpaired) electrons. The van der Waals surface area contributed by atoms with Crippen LogP contribution < -0.4 is 10.1 Å². The predicted octanol–water partition coefficient (Wildman–Crippen LogP) is 3.50. The number of amides is 1. The van der Waals surface area contributed by atoms with E-state index < -0.39 is 0 Å². The third kappa shape index (κ3) is 5.13. The molecule has 1 aliphatic carbocycles. The molecule has 4 aliphatic heterocycles. The highest BCUT2D eigenvalue weighted by Crippen LogP contribution is 2.38. The second-order valence-electron chi connectivity index (χ2n) is 9.97. The maximum Gasteiger partial charge on any atom is 0.225 e. The number of nitrogens with zero attached hydrogens (tertiary/aromatic N) is 1. The lowest BCUT2D eigenvalue weighted by Crippen LogP contribution is -2.59. The molecule has 1 saturated carbocycles. The molecule has 0 unspecified atom stereocenters. The minimum Gasteiger partial charge on any atom is -0.492 e. The first-order chi connectivity index (χ1) is 15.8. The van der Waals surface area contributed by atoms with E-state index in [1.165, 1.54) is 5.56 Å². The van der Waals surface area contributed by atoms with Crippen molar-refractivity contribution in [2.45, 2.75) is 75.5 Å². The quantitative estimate of drug-likeness (QED) is 0.760. The monoisotopic (exact) mass is 442 g/mol. The molecule has 4 heterocycles. The van der Waals surface area contributed by atoms with Crippen molar-refractivity contribution < 1.29 is 19.0 Å². The maximum absolute atomic E-state index is 13.0. The number of benzene rings is 1. The Balaban J connectivity index is 1.30. The zero-order valence-corrected chi connectivity index (χ0v) is 19.2. The highest BCUT2D eigenvalue weighted by atomic mass is 16.5. The molecule has 3 fully saturated rings. The van der Waals surface area contributed by atoms with Crippen molar-refractivity contribution >= 4 is 5.91 Å². The van der Waals surface area contributed by atoms with Gasteiger partial charge in [0, 0.05) is 19.2 Å². The summed E-state index contributed by atoms with van der Waals surface area (Å²) in [5, 5.41) is 3.39. The molecule has 176 valence electrons. The molecule has 5 aliphatic rings. The van der Waals surface area contributed by atoms with Crippen LogP contribution in [0.1, 0.15) is 62.8 Å². The molecular formula is C26H38N2O4. The third-order valence-corrected chi connectivity index (χ3v) is 7.92. The van der Waals surface area contributed by atoms with Gasteiger partial charge in [0.25, 0.3) is 0 Å². The lowest BCUT2D eigenvalue weighted by Gasteiger charge is -2.42. The first-order valence-electron chi connectivity index (χ1n) is 12.7. The predicted molar refractivity (Wildman–Crippen MR) is 123 cm³/mol. The number of rotatable bonds is 2. The van der Waals surface area contributed by atoms with Gasteiger partial charge in [0.05, 0.1) is 31.3 Å². The molecule has 6 heteroatoms. The Morgan fingerprint density at radius 1 is 0.938 bits per heavy atom. The Kier molecular flexibility index (Phi) is 7.30. The minimum absolute atomic E-state index is 0.00934. The van der Waals surface area contributed by atoms with Gasteiger partial charge in [-0.2, -0.15) is 0 Å². The van der Waals surface area contributed by atoms with Gasteiger partial charge >= 0.3 is 0 Å². The van der Waals surface area contributed by atoms with Crippen LogP contribution in [0.25, 0.3) is 0 Å². The van der Waals surface area contributed by atoms with Gasteiger partial charge in [-0.05, 0) is 75.5 Å². The number of nitrogens with one attached hydrogen (secondary N) is 1. The van der Waals surface area contributed by atoms with Crippen LogP contribution in [0, 0.1) is 5.92 Å². The molecule has 1 amide bonds. The van der Waals surface area contributed by atoms with E-state index >= 15 is 0 Å². The molecule has 1 N–H and O–H groups in total. The summed E-state index contributed by atoms with van der Waals surface area (Å²) >= 11 is 0. The van der Waals surface area contributed by atoms with Crippen LogP contribution in [-0.4, -0.2) is 68.5 Å². The highest BCUT2D eigenvalue weighted by Gasteiger charge is 2.36. The van der Waals surface area contributed by atoms with Crippen LogP contribution in [0.5, 0.6) is 5.75 Å². The van der Waals surface area contributed by atoms with Gasteiger partial charge in [0.1, 0.15) is 12.4 Å². The van der Waals surface area contributed by atoms with Crippen LogP contribution in [0.4, 0.5) is 0 Å². The van der Waals surface area contributed by atoms with E-state index in [2.05, 4.69) is 34.5 Å². The van der Waals surface area contributed by atoms with Crippen molar-refractivity contribution in [1.82, 2.24) is 10.2 Å². The van der Waals surface area contributed by atoms with E-state index in [0.717, 1.165) is 76.8 Å². The molecule has 2 saturated heterocycles. The average Bonchev–Trinajstić information content (AvgIpc) is 2.86. The summed E-state index contributed by atoms with van der Waals surface area (Å²) in [5.74, 6) is 1.76. The largest absolute Gasteiger partial charge is 0.492 e. The number of piperidine rings is 1. The van der Waals surface area contributed by atoms with Crippen molar-refractivity contribution in [3.63, 3.8) is 0 Å². The van der Waals surface area contributed by atoms with Crippen LogP contribution in [0.2, 0.25) is 0 Å². The SMILES string of the molecule is O=C(N[C@H]1CCCN2CCOc3ccccc3C3CCC(CC3)OC[C@@H]12)[C@H]1CCCOC1. The normalized spacial score (nSPS) is 34.1. The van der Waals surface area contributed by atoms with E-state index in [-0.39, 0.29) is 23.9 Å². The van der Waals surface area contributed by atoms with Crippen molar-refractivity contribution in [1.29, 1.82) is 0 Å². The molecule has 2 bridgehead atoms. The van der Waals surface area contributed by atoms with E-state index in [4.69, 9.17) is 14.2 Å². The summed E-state index contributed by atoms with van der Waals surface area (Å²) in [5.41, 5.74) is 1.36. The first-order valence-corrected chi connectivity index (χ1v) is 12.7. The number of fused-ring (bicyclic) bond motifs is 5. The molecule has 3 atom stereocenters. The van der Waals surface area contributed by atoms with Crippen molar-refractivity contribution in [3.05, 3.63) is 29.8 Å². The van der Waals surface area contributed by atoms with Crippen LogP contribution in [0.3, 0.4) is 0 Å². The molecule has 0 spiro atoms. The van der Waals surface area contributed by atoms with Crippen LogP contribution in [0.15, 0.2) is 24.3 Å². The van der Waals surface area contributed by atoms with Gasteiger partial charge in [0.15, 0.2) is 0 Å². The lowest BCUT2D eigenvalue weighted by atomic mass is 9.82. The van der Waals surface area contributed by atoms with Crippen molar-refractivity contribution in [2.75, 3.05) is 39.5 Å². The number of hydrogen-bond donors (Lipinski definition) is 1. The smallest absolute Gasteiger partial charge is 0.225 e. The van der Waals surface area contributed by atoms with E-state index in [1.807, 2.05) is 0 Å². The number of carbonyl (C=O) groups is 1. The second kappa shape index (κ2) is 10.5. The highest BCUT2D eigenvalue weighted by molar-refractivity contribution is 5.79. The summed E-state index contributed by atoms with van der Waals surface area (Å²) in [4.78, 5) is 15.4. The maximum atomic E-state index is 13.0. The van der Waals surface area contributed by atoms with E-state index in [0.29, 0.717) is 31.8 Å². The summed E-state index contributed by atoms with van der Waals surface area (Å²) in [6, 6.07) is 8.91.